The van der Waals surface area contributed by atoms with Crippen molar-refractivity contribution in [2.24, 2.45) is 0 Å². The first-order valence-corrected chi connectivity index (χ1v) is 8.12. The van der Waals surface area contributed by atoms with Gasteiger partial charge in [0.1, 0.15) is 23.6 Å². The van der Waals surface area contributed by atoms with E-state index in [-0.39, 0.29) is 29.9 Å². The Balaban J connectivity index is 1.84. The van der Waals surface area contributed by atoms with E-state index in [9.17, 15) is 19.8 Å². The summed E-state index contributed by atoms with van der Waals surface area (Å²) in [5.74, 6) is -0.838. The average Bonchev–Trinajstić information content (AvgIpc) is 2.53. The first-order chi connectivity index (χ1) is 11.4. The van der Waals surface area contributed by atoms with E-state index in [1.54, 1.807) is 19.1 Å². The van der Waals surface area contributed by atoms with Crippen molar-refractivity contribution in [2.45, 2.75) is 57.1 Å². The monoisotopic (exact) mass is 337 g/mol. The molecule has 7 nitrogen and oxygen atoms in total. The highest BCUT2D eigenvalue weighted by atomic mass is 16.6. The zero-order valence-electron chi connectivity index (χ0n) is 13.6. The highest BCUT2D eigenvalue weighted by Gasteiger charge is 2.27. The Kier molecular flexibility index (Phi) is 5.89. The number of benzene rings is 1. The molecule has 1 aliphatic rings. The second-order valence-electron chi connectivity index (χ2n) is 6.07. The fourth-order valence-electron chi connectivity index (χ4n) is 3.04. The minimum Gasteiger partial charge on any atom is -0.508 e. The summed E-state index contributed by atoms with van der Waals surface area (Å²) >= 11 is 0. The van der Waals surface area contributed by atoms with Crippen LogP contribution in [0.25, 0.3) is 0 Å². The van der Waals surface area contributed by atoms with Crippen LogP contribution in [-0.4, -0.2) is 39.5 Å². The maximum atomic E-state index is 11.8. The fraction of sp³-hybridized carbons (Fsp3) is 0.529. The van der Waals surface area contributed by atoms with Gasteiger partial charge < -0.3 is 25.4 Å². The van der Waals surface area contributed by atoms with Crippen LogP contribution in [0.2, 0.25) is 0 Å². The highest BCUT2D eigenvalue weighted by molar-refractivity contribution is 5.79. The Morgan fingerprint density at radius 2 is 1.92 bits per heavy atom. The number of phenols is 2. The van der Waals surface area contributed by atoms with Gasteiger partial charge in [0, 0.05) is 6.07 Å². The van der Waals surface area contributed by atoms with Gasteiger partial charge in [0.05, 0.1) is 0 Å². The van der Waals surface area contributed by atoms with Crippen molar-refractivity contribution in [1.29, 1.82) is 0 Å². The van der Waals surface area contributed by atoms with Gasteiger partial charge in [0.25, 0.3) is 0 Å². The molecule has 0 radical (unpaired) electrons. The van der Waals surface area contributed by atoms with Gasteiger partial charge in [-0.2, -0.15) is 0 Å². The summed E-state index contributed by atoms with van der Waals surface area (Å²) in [5.41, 5.74) is 0.785. The molecule has 0 heterocycles. The number of carboxylic acid groups (broad SMARTS) is 1. The number of hydrogen-bond donors (Lipinski definition) is 4. The predicted molar refractivity (Wildman–Crippen MR) is 86.1 cm³/mol. The van der Waals surface area contributed by atoms with Gasteiger partial charge in [-0.05, 0) is 49.7 Å². The minimum atomic E-state index is -1.08. The van der Waals surface area contributed by atoms with Gasteiger partial charge >= 0.3 is 12.1 Å². The molecular formula is C17H23NO6. The van der Waals surface area contributed by atoms with Gasteiger partial charge in [-0.1, -0.05) is 13.0 Å². The number of nitrogens with one attached hydrogen (secondary N) is 1. The lowest BCUT2D eigenvalue weighted by molar-refractivity contribution is -0.139. The van der Waals surface area contributed by atoms with Crippen LogP contribution in [-0.2, 0) is 9.53 Å². The average molecular weight is 337 g/mol. The fourth-order valence-corrected chi connectivity index (χ4v) is 3.04. The molecule has 1 aromatic rings. The number of ether oxygens (including phenoxy) is 1. The number of aliphatic carboxylic acids is 1. The molecule has 0 saturated heterocycles. The van der Waals surface area contributed by atoms with Crippen LogP contribution in [0.4, 0.5) is 4.79 Å². The third kappa shape index (κ3) is 4.53. The molecule has 1 saturated carbocycles. The van der Waals surface area contributed by atoms with Gasteiger partial charge in [-0.15, -0.1) is 0 Å². The molecule has 0 bridgehead atoms. The van der Waals surface area contributed by atoms with Crippen molar-refractivity contribution in [3.63, 3.8) is 0 Å². The lowest BCUT2D eigenvalue weighted by Gasteiger charge is -2.29. The van der Waals surface area contributed by atoms with Crippen LogP contribution in [0.3, 0.4) is 0 Å². The van der Waals surface area contributed by atoms with Gasteiger partial charge in [-0.3, -0.25) is 0 Å². The summed E-state index contributed by atoms with van der Waals surface area (Å²) in [6.45, 7) is 1.68. The summed E-state index contributed by atoms with van der Waals surface area (Å²) in [4.78, 5) is 22.7. The van der Waals surface area contributed by atoms with Gasteiger partial charge in [0.2, 0.25) is 0 Å². The minimum absolute atomic E-state index is 0.0221. The van der Waals surface area contributed by atoms with E-state index in [0.717, 1.165) is 18.4 Å². The predicted octanol–water partition coefficient (Wildman–Crippen LogP) is 2.71. The molecule has 132 valence electrons. The van der Waals surface area contributed by atoms with Crippen molar-refractivity contribution in [3.05, 3.63) is 23.8 Å². The number of amides is 1. The maximum absolute atomic E-state index is 11.8. The number of phenolic OH excluding ortho intramolecular Hbond substituents is 2. The number of carboxylic acids is 1. The molecular weight excluding hydrogens is 314 g/mol. The van der Waals surface area contributed by atoms with Crippen molar-refractivity contribution >= 4 is 12.1 Å². The van der Waals surface area contributed by atoms with Crippen LogP contribution in [0.1, 0.15) is 50.5 Å². The summed E-state index contributed by atoms with van der Waals surface area (Å²) in [6, 6.07) is 3.63. The lowest BCUT2D eigenvalue weighted by Crippen LogP contribution is -2.42. The number of hydrogen-bond acceptors (Lipinski definition) is 5. The molecule has 24 heavy (non-hydrogen) atoms. The molecule has 4 N–H and O–H groups in total. The molecule has 1 fully saturated rings. The molecule has 1 aliphatic carbocycles. The number of aromatic hydroxyl groups is 2. The standard InChI is InChI=1S/C17H23NO6/c1-2-14(16(21)22)18-17(23)24-12-6-3-10(4-7-12)13-8-5-11(19)9-15(13)20/h5,8-10,12,14,19-20H,2-4,6-7H2,1H3,(H,18,23)(H,21,22)/t10-,12-,14?. The highest BCUT2D eigenvalue weighted by Crippen LogP contribution is 2.39. The molecule has 0 aromatic heterocycles. The van der Waals surface area contributed by atoms with E-state index in [2.05, 4.69) is 5.32 Å². The Morgan fingerprint density at radius 1 is 1.25 bits per heavy atom. The summed E-state index contributed by atoms with van der Waals surface area (Å²) in [5, 5.41) is 30.5. The molecule has 0 spiro atoms. The zero-order chi connectivity index (χ0) is 17.7. The van der Waals surface area contributed by atoms with E-state index in [0.29, 0.717) is 12.8 Å². The second kappa shape index (κ2) is 7.90. The quantitative estimate of drug-likeness (QED) is 0.656. The summed E-state index contributed by atoms with van der Waals surface area (Å²) in [7, 11) is 0. The molecule has 2 rings (SSSR count). The lowest BCUT2D eigenvalue weighted by atomic mass is 9.82. The van der Waals surface area contributed by atoms with Crippen LogP contribution in [0.15, 0.2) is 18.2 Å². The number of carbonyl (C=O) groups excluding carboxylic acids is 1. The number of rotatable bonds is 5. The smallest absolute Gasteiger partial charge is 0.408 e. The Labute approximate surface area is 140 Å². The zero-order valence-corrected chi connectivity index (χ0v) is 13.6. The number of carbonyl (C=O) groups is 2. The normalized spacial score (nSPS) is 21.7. The SMILES string of the molecule is CCC(NC(=O)O[C@H]1CC[C@H](c2ccc(O)cc2O)CC1)C(=O)O. The van der Waals surface area contributed by atoms with Crippen molar-refractivity contribution in [1.82, 2.24) is 5.32 Å². The van der Waals surface area contributed by atoms with Gasteiger partial charge in [-0.25, -0.2) is 9.59 Å². The van der Waals surface area contributed by atoms with E-state index in [1.807, 2.05) is 0 Å². The molecule has 1 unspecified atom stereocenters. The molecule has 1 aromatic carbocycles. The third-order valence-electron chi connectivity index (χ3n) is 4.40. The third-order valence-corrected chi connectivity index (χ3v) is 4.40. The van der Waals surface area contributed by atoms with Crippen LogP contribution < -0.4 is 5.32 Å². The van der Waals surface area contributed by atoms with E-state index in [1.165, 1.54) is 6.07 Å². The Hall–Kier alpha value is -2.44. The molecule has 7 heteroatoms. The number of alkyl carbamates (subject to hydrolysis) is 1. The van der Waals surface area contributed by atoms with Crippen LogP contribution in [0, 0.1) is 0 Å². The van der Waals surface area contributed by atoms with Crippen LogP contribution in [0.5, 0.6) is 11.5 Å². The van der Waals surface area contributed by atoms with E-state index in [4.69, 9.17) is 9.84 Å². The molecule has 0 aliphatic heterocycles. The van der Waals surface area contributed by atoms with E-state index >= 15 is 0 Å². The largest absolute Gasteiger partial charge is 0.508 e. The molecule has 1 atom stereocenters. The van der Waals surface area contributed by atoms with Crippen molar-refractivity contribution < 1.29 is 29.6 Å². The molecule has 1 amide bonds. The Bertz CT molecular complexity index is 595. The van der Waals surface area contributed by atoms with Crippen molar-refractivity contribution in [2.75, 3.05) is 0 Å². The van der Waals surface area contributed by atoms with E-state index < -0.39 is 18.1 Å². The first-order valence-electron chi connectivity index (χ1n) is 8.12. The summed E-state index contributed by atoms with van der Waals surface area (Å²) < 4.78 is 5.29. The summed E-state index contributed by atoms with van der Waals surface area (Å²) in [6.07, 6.45) is 2.09. The maximum Gasteiger partial charge on any atom is 0.408 e. The topological polar surface area (TPSA) is 116 Å². The Morgan fingerprint density at radius 3 is 2.46 bits per heavy atom. The van der Waals surface area contributed by atoms with Crippen LogP contribution >= 0.6 is 0 Å². The van der Waals surface area contributed by atoms with Gasteiger partial charge in [0.15, 0.2) is 0 Å². The van der Waals surface area contributed by atoms with Crippen molar-refractivity contribution in [3.8, 4) is 11.5 Å². The second-order valence-corrected chi connectivity index (χ2v) is 6.07. The first kappa shape index (κ1) is 17.9.